The van der Waals surface area contributed by atoms with Crippen molar-refractivity contribution in [2.45, 2.75) is 24.3 Å². The number of thioether (sulfide) groups is 1. The van der Waals surface area contributed by atoms with E-state index in [1.54, 1.807) is 36.0 Å². The van der Waals surface area contributed by atoms with Crippen LogP contribution < -0.4 is 10.6 Å². The number of nitriles is 1. The topological polar surface area (TPSA) is 85.2 Å². The van der Waals surface area contributed by atoms with Gasteiger partial charge in [0, 0.05) is 18.0 Å². The minimum Gasteiger partial charge on any atom is -0.348 e. The third-order valence-electron chi connectivity index (χ3n) is 5.35. The summed E-state index contributed by atoms with van der Waals surface area (Å²) in [6.45, 7) is 3.38. The van der Waals surface area contributed by atoms with Gasteiger partial charge in [-0.2, -0.15) is 5.26 Å². The fourth-order valence-corrected chi connectivity index (χ4v) is 4.22. The lowest BCUT2D eigenvalue weighted by Crippen LogP contribution is -2.41. The van der Waals surface area contributed by atoms with Gasteiger partial charge in [0.25, 0.3) is 0 Å². The molecule has 1 saturated heterocycles. The molecule has 0 atom stereocenters. The van der Waals surface area contributed by atoms with E-state index in [1.807, 2.05) is 6.07 Å². The zero-order valence-electron chi connectivity index (χ0n) is 17.1. The second-order valence-electron chi connectivity index (χ2n) is 7.35. The van der Waals surface area contributed by atoms with E-state index in [9.17, 15) is 9.59 Å². The number of rotatable bonds is 6. The number of nitrogens with one attached hydrogen (secondary N) is 2. The van der Waals surface area contributed by atoms with Gasteiger partial charge < -0.3 is 10.6 Å². The number of carbonyl (C=O) groups excluding carboxylic acids is 2. The molecule has 1 fully saturated rings. The number of para-hydroxylation sites is 1. The number of piperidine rings is 1. The molecule has 1 aliphatic heterocycles. The fourth-order valence-electron chi connectivity index (χ4n) is 3.61. The number of amides is 2. The number of benzene rings is 2. The first kappa shape index (κ1) is 21.9. The Bertz CT molecular complexity index is 933. The van der Waals surface area contributed by atoms with Gasteiger partial charge in [0.15, 0.2) is 0 Å². The molecule has 0 radical (unpaired) electrons. The molecular weight excluding hydrogens is 396 g/mol. The molecule has 156 valence electrons. The Morgan fingerprint density at radius 2 is 1.80 bits per heavy atom. The summed E-state index contributed by atoms with van der Waals surface area (Å²) in [5.41, 5.74) is 2.03. The summed E-state index contributed by atoms with van der Waals surface area (Å²) in [6.07, 6.45) is 4.07. The number of hydrogen-bond acceptors (Lipinski definition) is 5. The molecular formula is C23H26N4O2S. The Balaban J connectivity index is 1.42. The normalized spacial score (nSPS) is 14.7. The van der Waals surface area contributed by atoms with Gasteiger partial charge in [0.2, 0.25) is 0 Å². The standard InChI is InChI=1S/C23H26N4O2S/c1-30-21-9-5-3-7-19(21)16-27-12-10-17(11-13-27)15-25-22(28)23(29)26-20-8-4-2-6-18(20)14-24/h2-9,17H,10-13,15-16H2,1H3,(H,25,28)(H,26,29). The lowest BCUT2D eigenvalue weighted by molar-refractivity contribution is -0.136. The van der Waals surface area contributed by atoms with E-state index in [0.29, 0.717) is 23.7 Å². The fraction of sp³-hybridized carbons (Fsp3) is 0.348. The molecule has 0 aliphatic carbocycles. The highest BCUT2D eigenvalue weighted by Gasteiger charge is 2.22. The van der Waals surface area contributed by atoms with Gasteiger partial charge in [-0.3, -0.25) is 14.5 Å². The maximum Gasteiger partial charge on any atom is 0.313 e. The summed E-state index contributed by atoms with van der Waals surface area (Å²) in [5, 5.41) is 14.3. The van der Waals surface area contributed by atoms with Crippen LogP contribution in [0.25, 0.3) is 0 Å². The first-order valence-electron chi connectivity index (χ1n) is 10.0. The van der Waals surface area contributed by atoms with Crippen LogP contribution in [0.4, 0.5) is 5.69 Å². The van der Waals surface area contributed by atoms with Gasteiger partial charge in [-0.25, -0.2) is 0 Å². The van der Waals surface area contributed by atoms with Crippen molar-refractivity contribution in [2.24, 2.45) is 5.92 Å². The second kappa shape index (κ2) is 10.8. The Labute approximate surface area is 181 Å². The number of hydrogen-bond donors (Lipinski definition) is 2. The van der Waals surface area contributed by atoms with Crippen molar-refractivity contribution in [1.82, 2.24) is 10.2 Å². The quantitative estimate of drug-likeness (QED) is 0.551. The van der Waals surface area contributed by atoms with Crippen LogP contribution in [0.3, 0.4) is 0 Å². The summed E-state index contributed by atoms with van der Waals surface area (Å²) < 4.78 is 0. The van der Waals surface area contributed by atoms with E-state index < -0.39 is 11.8 Å². The molecule has 6 nitrogen and oxygen atoms in total. The van der Waals surface area contributed by atoms with Crippen molar-refractivity contribution in [1.29, 1.82) is 5.26 Å². The van der Waals surface area contributed by atoms with Crippen LogP contribution in [0.5, 0.6) is 0 Å². The number of anilines is 1. The summed E-state index contributed by atoms with van der Waals surface area (Å²) in [7, 11) is 0. The molecule has 7 heteroatoms. The predicted molar refractivity (Wildman–Crippen MR) is 119 cm³/mol. The molecule has 0 aromatic heterocycles. The van der Waals surface area contributed by atoms with Crippen molar-refractivity contribution in [3.8, 4) is 6.07 Å². The summed E-state index contributed by atoms with van der Waals surface area (Å²) >= 11 is 1.77. The summed E-state index contributed by atoms with van der Waals surface area (Å²) in [6, 6.07) is 17.1. The highest BCUT2D eigenvalue weighted by atomic mass is 32.2. The summed E-state index contributed by atoms with van der Waals surface area (Å²) in [4.78, 5) is 28.0. The van der Waals surface area contributed by atoms with Crippen LogP contribution >= 0.6 is 11.8 Å². The van der Waals surface area contributed by atoms with E-state index >= 15 is 0 Å². The molecule has 30 heavy (non-hydrogen) atoms. The van der Waals surface area contributed by atoms with E-state index in [1.165, 1.54) is 10.5 Å². The molecule has 0 unspecified atom stereocenters. The SMILES string of the molecule is CSc1ccccc1CN1CCC(CNC(=O)C(=O)Nc2ccccc2C#N)CC1. The first-order valence-corrected chi connectivity index (χ1v) is 11.3. The highest BCUT2D eigenvalue weighted by molar-refractivity contribution is 7.98. The van der Waals surface area contributed by atoms with Crippen molar-refractivity contribution >= 4 is 29.3 Å². The Kier molecular flexibility index (Phi) is 7.89. The number of carbonyl (C=O) groups is 2. The van der Waals surface area contributed by atoms with E-state index in [2.05, 4.69) is 46.1 Å². The molecule has 3 rings (SSSR count). The van der Waals surface area contributed by atoms with Gasteiger partial charge in [-0.15, -0.1) is 11.8 Å². The lowest BCUT2D eigenvalue weighted by Gasteiger charge is -2.32. The third-order valence-corrected chi connectivity index (χ3v) is 6.18. The minimum absolute atomic E-state index is 0.328. The molecule has 2 amide bonds. The smallest absolute Gasteiger partial charge is 0.313 e. The van der Waals surface area contributed by atoms with Gasteiger partial charge in [0.1, 0.15) is 6.07 Å². The Morgan fingerprint density at radius 3 is 2.53 bits per heavy atom. The maximum atomic E-state index is 12.1. The molecule has 2 N–H and O–H groups in total. The molecule has 1 aliphatic rings. The average Bonchev–Trinajstić information content (AvgIpc) is 2.79. The van der Waals surface area contributed by atoms with Gasteiger partial charge in [0.05, 0.1) is 11.3 Å². The van der Waals surface area contributed by atoms with E-state index in [-0.39, 0.29) is 0 Å². The zero-order chi connectivity index (χ0) is 21.3. The van der Waals surface area contributed by atoms with E-state index in [4.69, 9.17) is 5.26 Å². The van der Waals surface area contributed by atoms with Crippen molar-refractivity contribution in [3.63, 3.8) is 0 Å². The van der Waals surface area contributed by atoms with Gasteiger partial charge >= 0.3 is 11.8 Å². The zero-order valence-corrected chi connectivity index (χ0v) is 17.9. The minimum atomic E-state index is -0.746. The second-order valence-corrected chi connectivity index (χ2v) is 8.20. The average molecular weight is 423 g/mol. The molecule has 2 aromatic rings. The highest BCUT2D eigenvalue weighted by Crippen LogP contribution is 2.24. The van der Waals surface area contributed by atoms with Crippen LogP contribution in [0, 0.1) is 17.2 Å². The van der Waals surface area contributed by atoms with Crippen LogP contribution in [0.15, 0.2) is 53.4 Å². The Hall–Kier alpha value is -2.82. The van der Waals surface area contributed by atoms with Gasteiger partial charge in [-0.1, -0.05) is 30.3 Å². The third kappa shape index (κ3) is 5.85. The molecule has 0 bridgehead atoms. The largest absolute Gasteiger partial charge is 0.348 e. The molecule has 0 spiro atoms. The van der Waals surface area contributed by atoms with Crippen LogP contribution in [-0.2, 0) is 16.1 Å². The van der Waals surface area contributed by atoms with Crippen LogP contribution in [0.2, 0.25) is 0 Å². The first-order chi connectivity index (χ1) is 14.6. The monoisotopic (exact) mass is 422 g/mol. The molecule has 2 aromatic carbocycles. The maximum absolute atomic E-state index is 12.1. The van der Waals surface area contributed by atoms with Gasteiger partial charge in [-0.05, 0) is 61.9 Å². The molecule has 1 heterocycles. The van der Waals surface area contributed by atoms with E-state index in [0.717, 1.165) is 32.5 Å². The molecule has 0 saturated carbocycles. The Morgan fingerprint density at radius 1 is 1.10 bits per heavy atom. The van der Waals surface area contributed by atoms with Crippen molar-refractivity contribution in [2.75, 3.05) is 31.2 Å². The summed E-state index contributed by atoms with van der Waals surface area (Å²) in [5.74, 6) is -1.05. The number of nitrogens with zero attached hydrogens (tertiary/aromatic N) is 2. The lowest BCUT2D eigenvalue weighted by atomic mass is 9.96. The van der Waals surface area contributed by atoms with Crippen LogP contribution in [0.1, 0.15) is 24.0 Å². The van der Waals surface area contributed by atoms with Crippen LogP contribution in [-0.4, -0.2) is 42.6 Å². The van der Waals surface area contributed by atoms with Crippen molar-refractivity contribution in [3.05, 3.63) is 59.7 Å². The predicted octanol–water partition coefficient (Wildman–Crippen LogP) is 3.25. The van der Waals surface area contributed by atoms with Crippen molar-refractivity contribution < 1.29 is 9.59 Å². The number of likely N-dealkylation sites (tertiary alicyclic amines) is 1.